The highest BCUT2D eigenvalue weighted by molar-refractivity contribution is 5.94. The summed E-state index contributed by atoms with van der Waals surface area (Å²) in [5.74, 6) is -0.293. The van der Waals surface area contributed by atoms with Gasteiger partial charge in [0.25, 0.3) is 5.91 Å². The molecule has 2 heterocycles. The van der Waals surface area contributed by atoms with Gasteiger partial charge < -0.3 is 20.3 Å². The fourth-order valence-electron chi connectivity index (χ4n) is 1.73. The Balaban J connectivity index is 1.96. The second-order valence-corrected chi connectivity index (χ2v) is 3.86. The Kier molecular flexibility index (Phi) is 3.68. The number of aromatic nitrogens is 1. The van der Waals surface area contributed by atoms with Crippen LogP contribution in [0.3, 0.4) is 0 Å². The van der Waals surface area contributed by atoms with Crippen molar-refractivity contribution in [1.82, 2.24) is 10.3 Å². The van der Waals surface area contributed by atoms with Crippen molar-refractivity contribution in [1.29, 1.82) is 0 Å². The normalized spacial score (nSPS) is 28.0. The number of pyridine rings is 1. The molecule has 1 aliphatic rings. The first kappa shape index (κ1) is 12.0. The third kappa shape index (κ3) is 2.60. The summed E-state index contributed by atoms with van der Waals surface area (Å²) in [4.78, 5) is 15.6. The van der Waals surface area contributed by atoms with Crippen LogP contribution in [0.4, 0.5) is 0 Å². The Labute approximate surface area is 98.2 Å². The minimum absolute atomic E-state index is 0.198. The van der Waals surface area contributed by atoms with Gasteiger partial charge in [0.2, 0.25) is 0 Å². The molecule has 3 unspecified atom stereocenters. The Morgan fingerprint density at radius 3 is 2.82 bits per heavy atom. The molecule has 0 spiro atoms. The number of aliphatic hydroxyl groups excluding tert-OH is 2. The number of carbonyl (C=O) groups excluding carboxylic acids is 1. The fraction of sp³-hybridized carbons (Fsp3) is 0.455. The van der Waals surface area contributed by atoms with E-state index in [2.05, 4.69) is 10.3 Å². The summed E-state index contributed by atoms with van der Waals surface area (Å²) < 4.78 is 5.14. The molecule has 1 aromatic heterocycles. The molecule has 92 valence electrons. The summed E-state index contributed by atoms with van der Waals surface area (Å²) >= 11 is 0. The van der Waals surface area contributed by atoms with E-state index in [9.17, 15) is 9.90 Å². The molecule has 0 bridgehead atoms. The number of aliphatic hydroxyl groups is 2. The van der Waals surface area contributed by atoms with Gasteiger partial charge in [0.15, 0.2) is 0 Å². The van der Waals surface area contributed by atoms with E-state index < -0.39 is 18.2 Å². The van der Waals surface area contributed by atoms with Crippen LogP contribution in [-0.4, -0.2) is 52.6 Å². The van der Waals surface area contributed by atoms with Gasteiger partial charge in [-0.2, -0.15) is 0 Å². The van der Waals surface area contributed by atoms with Crippen LogP contribution in [-0.2, 0) is 4.74 Å². The molecule has 0 saturated carbocycles. The number of nitrogens with one attached hydrogen (secondary N) is 1. The third-order valence-corrected chi connectivity index (χ3v) is 2.72. The lowest BCUT2D eigenvalue weighted by atomic mass is 10.1. The second-order valence-electron chi connectivity index (χ2n) is 3.86. The lowest BCUT2D eigenvalue weighted by Crippen LogP contribution is -2.45. The topological polar surface area (TPSA) is 91.7 Å². The highest BCUT2D eigenvalue weighted by atomic mass is 16.5. The van der Waals surface area contributed by atoms with Gasteiger partial charge in [-0.05, 0) is 12.1 Å². The van der Waals surface area contributed by atoms with E-state index in [1.165, 1.54) is 12.4 Å². The Morgan fingerprint density at radius 2 is 2.24 bits per heavy atom. The van der Waals surface area contributed by atoms with Crippen molar-refractivity contribution < 1.29 is 19.7 Å². The van der Waals surface area contributed by atoms with Crippen LogP contribution >= 0.6 is 0 Å². The SMILES string of the molecule is O=C(NC1COC(CO)C1O)c1ccncc1. The quantitative estimate of drug-likeness (QED) is 0.624. The minimum Gasteiger partial charge on any atom is -0.394 e. The van der Waals surface area contributed by atoms with E-state index in [4.69, 9.17) is 9.84 Å². The number of nitrogens with zero attached hydrogens (tertiary/aromatic N) is 1. The summed E-state index contributed by atoms with van der Waals surface area (Å²) in [6.07, 6.45) is 1.53. The molecular weight excluding hydrogens is 224 g/mol. The Bertz CT molecular complexity index is 384. The zero-order valence-electron chi connectivity index (χ0n) is 9.11. The Morgan fingerprint density at radius 1 is 1.53 bits per heavy atom. The monoisotopic (exact) mass is 238 g/mol. The molecular formula is C11H14N2O4. The molecule has 1 aromatic rings. The average molecular weight is 238 g/mol. The Hall–Kier alpha value is -1.50. The van der Waals surface area contributed by atoms with E-state index in [1.807, 2.05) is 0 Å². The van der Waals surface area contributed by atoms with Gasteiger partial charge in [0, 0.05) is 18.0 Å². The van der Waals surface area contributed by atoms with E-state index in [0.29, 0.717) is 5.56 Å². The fourth-order valence-corrected chi connectivity index (χ4v) is 1.73. The van der Waals surface area contributed by atoms with Crippen LogP contribution < -0.4 is 5.32 Å². The zero-order valence-corrected chi connectivity index (χ0v) is 9.11. The van der Waals surface area contributed by atoms with Gasteiger partial charge in [-0.15, -0.1) is 0 Å². The summed E-state index contributed by atoms with van der Waals surface area (Å²) in [5.41, 5.74) is 0.472. The molecule has 1 fully saturated rings. The number of hydrogen-bond acceptors (Lipinski definition) is 5. The van der Waals surface area contributed by atoms with Crippen LogP contribution in [0.5, 0.6) is 0 Å². The lowest BCUT2D eigenvalue weighted by Gasteiger charge is -2.17. The van der Waals surface area contributed by atoms with Gasteiger partial charge in [-0.1, -0.05) is 0 Å². The van der Waals surface area contributed by atoms with Crippen molar-refractivity contribution in [2.24, 2.45) is 0 Å². The number of carbonyl (C=O) groups is 1. The van der Waals surface area contributed by atoms with Gasteiger partial charge >= 0.3 is 0 Å². The van der Waals surface area contributed by atoms with Crippen molar-refractivity contribution in [3.8, 4) is 0 Å². The largest absolute Gasteiger partial charge is 0.394 e. The van der Waals surface area contributed by atoms with Crippen LogP contribution in [0.1, 0.15) is 10.4 Å². The average Bonchev–Trinajstić information content (AvgIpc) is 2.71. The molecule has 6 nitrogen and oxygen atoms in total. The van der Waals surface area contributed by atoms with E-state index >= 15 is 0 Å². The van der Waals surface area contributed by atoms with E-state index in [0.717, 1.165) is 0 Å². The van der Waals surface area contributed by atoms with Crippen molar-refractivity contribution in [2.75, 3.05) is 13.2 Å². The second kappa shape index (κ2) is 5.22. The lowest BCUT2D eigenvalue weighted by molar-refractivity contribution is 0.00278. The summed E-state index contributed by atoms with van der Waals surface area (Å²) in [6, 6.07) is 2.68. The van der Waals surface area contributed by atoms with Crippen LogP contribution in [0.15, 0.2) is 24.5 Å². The molecule has 1 aliphatic heterocycles. The molecule has 1 amide bonds. The highest BCUT2D eigenvalue weighted by Gasteiger charge is 2.36. The predicted molar refractivity (Wildman–Crippen MR) is 58.3 cm³/mol. The zero-order chi connectivity index (χ0) is 12.3. The number of rotatable bonds is 3. The molecule has 2 rings (SSSR count). The van der Waals surface area contributed by atoms with Gasteiger partial charge in [0.05, 0.1) is 19.3 Å². The molecule has 0 aliphatic carbocycles. The molecule has 17 heavy (non-hydrogen) atoms. The maximum absolute atomic E-state index is 11.8. The maximum Gasteiger partial charge on any atom is 0.251 e. The number of hydrogen-bond donors (Lipinski definition) is 3. The van der Waals surface area contributed by atoms with Crippen molar-refractivity contribution >= 4 is 5.91 Å². The molecule has 0 radical (unpaired) electrons. The maximum atomic E-state index is 11.8. The van der Waals surface area contributed by atoms with Crippen LogP contribution in [0.2, 0.25) is 0 Å². The smallest absolute Gasteiger partial charge is 0.251 e. The highest BCUT2D eigenvalue weighted by Crippen LogP contribution is 2.14. The molecule has 6 heteroatoms. The standard InChI is InChI=1S/C11H14N2O4/c14-5-9-10(15)8(6-17-9)13-11(16)7-1-3-12-4-2-7/h1-4,8-10,14-15H,5-6H2,(H,13,16). The van der Waals surface area contributed by atoms with Crippen LogP contribution in [0, 0.1) is 0 Å². The minimum atomic E-state index is -0.884. The van der Waals surface area contributed by atoms with Crippen molar-refractivity contribution in [2.45, 2.75) is 18.2 Å². The summed E-state index contributed by atoms with van der Waals surface area (Å²) in [5, 5.41) is 21.3. The van der Waals surface area contributed by atoms with Gasteiger partial charge in [0.1, 0.15) is 12.2 Å². The number of amides is 1. The van der Waals surface area contributed by atoms with Crippen LogP contribution in [0.25, 0.3) is 0 Å². The first-order valence-corrected chi connectivity index (χ1v) is 5.34. The molecule has 3 atom stereocenters. The van der Waals surface area contributed by atoms with Gasteiger partial charge in [-0.25, -0.2) is 0 Å². The van der Waals surface area contributed by atoms with E-state index in [1.54, 1.807) is 12.1 Å². The summed E-state index contributed by atoms with van der Waals surface area (Å²) in [7, 11) is 0. The number of ether oxygens (including phenoxy) is 1. The first-order valence-electron chi connectivity index (χ1n) is 5.34. The van der Waals surface area contributed by atoms with Crippen molar-refractivity contribution in [3.63, 3.8) is 0 Å². The molecule has 0 aromatic carbocycles. The van der Waals surface area contributed by atoms with E-state index in [-0.39, 0.29) is 19.1 Å². The summed E-state index contributed by atoms with van der Waals surface area (Å²) in [6.45, 7) is -0.0635. The molecule has 3 N–H and O–H groups in total. The molecule has 1 saturated heterocycles. The van der Waals surface area contributed by atoms with Gasteiger partial charge in [-0.3, -0.25) is 9.78 Å². The first-order chi connectivity index (χ1) is 8.22. The predicted octanol–water partition coefficient (Wildman–Crippen LogP) is -1.07. The van der Waals surface area contributed by atoms with Crippen molar-refractivity contribution in [3.05, 3.63) is 30.1 Å². The third-order valence-electron chi connectivity index (χ3n) is 2.72.